The van der Waals surface area contributed by atoms with Crippen molar-refractivity contribution in [2.24, 2.45) is 5.10 Å². The molecule has 22 heavy (non-hydrogen) atoms. The molecule has 0 aliphatic rings. The number of benzene rings is 2. The van der Waals surface area contributed by atoms with E-state index in [1.54, 1.807) is 49.4 Å². The van der Waals surface area contributed by atoms with Gasteiger partial charge in [0.15, 0.2) is 0 Å². The molecule has 2 rings (SSSR count). The number of nitrogens with two attached hydrogens (primary N) is 1. The van der Waals surface area contributed by atoms with E-state index in [4.69, 9.17) is 28.9 Å². The van der Waals surface area contributed by atoms with E-state index in [2.05, 4.69) is 15.8 Å². The van der Waals surface area contributed by atoms with Crippen molar-refractivity contribution in [3.8, 4) is 0 Å². The molecule has 2 aromatic carbocycles. The lowest BCUT2D eigenvalue weighted by atomic mass is 10.1. The molecule has 0 fully saturated rings. The summed E-state index contributed by atoms with van der Waals surface area (Å²) in [6.45, 7) is 1.72. The van der Waals surface area contributed by atoms with Gasteiger partial charge in [-0.05, 0) is 37.3 Å². The molecule has 0 radical (unpaired) electrons. The number of urea groups is 1. The second-order valence-electron chi connectivity index (χ2n) is 4.47. The number of hydrogen-bond donors (Lipinski definition) is 3. The SMILES string of the molecule is C/C(=N\NC(=O)Nc1ccccc1Cl)c1cc(Cl)ccc1N. The van der Waals surface area contributed by atoms with Crippen molar-refractivity contribution in [3.63, 3.8) is 0 Å². The van der Waals surface area contributed by atoms with Crippen molar-refractivity contribution < 1.29 is 4.79 Å². The van der Waals surface area contributed by atoms with Crippen LogP contribution in [0.5, 0.6) is 0 Å². The van der Waals surface area contributed by atoms with E-state index in [9.17, 15) is 4.79 Å². The smallest absolute Gasteiger partial charge is 0.339 e. The summed E-state index contributed by atoms with van der Waals surface area (Å²) in [5.74, 6) is 0. The summed E-state index contributed by atoms with van der Waals surface area (Å²) in [6, 6.07) is 11.5. The first-order chi connectivity index (χ1) is 10.5. The Balaban J connectivity index is 2.06. The fourth-order valence-corrected chi connectivity index (χ4v) is 2.10. The van der Waals surface area contributed by atoms with Gasteiger partial charge in [0, 0.05) is 16.3 Å². The Hall–Kier alpha value is -2.24. The lowest BCUT2D eigenvalue weighted by Crippen LogP contribution is -2.25. The summed E-state index contributed by atoms with van der Waals surface area (Å²) in [4.78, 5) is 11.8. The minimum absolute atomic E-state index is 0.442. The number of carbonyl (C=O) groups excluding carboxylic acids is 1. The van der Waals surface area contributed by atoms with E-state index in [0.717, 1.165) is 0 Å². The van der Waals surface area contributed by atoms with Crippen molar-refractivity contribution in [1.82, 2.24) is 5.43 Å². The highest BCUT2D eigenvalue weighted by Crippen LogP contribution is 2.20. The minimum Gasteiger partial charge on any atom is -0.398 e. The van der Waals surface area contributed by atoms with Crippen LogP contribution in [-0.4, -0.2) is 11.7 Å². The van der Waals surface area contributed by atoms with E-state index in [1.807, 2.05) is 0 Å². The number of nitrogens with one attached hydrogen (secondary N) is 2. The number of amides is 2. The van der Waals surface area contributed by atoms with Crippen LogP contribution >= 0.6 is 23.2 Å². The molecule has 0 heterocycles. The molecule has 7 heteroatoms. The van der Waals surface area contributed by atoms with Crippen molar-refractivity contribution >= 4 is 46.3 Å². The van der Waals surface area contributed by atoms with Gasteiger partial charge < -0.3 is 11.1 Å². The Morgan fingerprint density at radius 1 is 1.18 bits per heavy atom. The third-order valence-corrected chi connectivity index (χ3v) is 3.42. The maximum Gasteiger partial charge on any atom is 0.339 e. The molecule has 0 spiro atoms. The predicted molar refractivity (Wildman–Crippen MR) is 91.7 cm³/mol. The Morgan fingerprint density at radius 2 is 1.91 bits per heavy atom. The molecule has 0 aliphatic carbocycles. The first kappa shape index (κ1) is 16.1. The number of para-hydroxylation sites is 1. The number of anilines is 2. The second kappa shape index (κ2) is 7.15. The molecule has 0 aromatic heterocycles. The number of carbonyl (C=O) groups is 1. The average Bonchev–Trinajstić information content (AvgIpc) is 2.49. The van der Waals surface area contributed by atoms with Gasteiger partial charge in [0.2, 0.25) is 0 Å². The van der Waals surface area contributed by atoms with Crippen molar-refractivity contribution in [1.29, 1.82) is 0 Å². The molecule has 0 saturated carbocycles. The van der Waals surface area contributed by atoms with E-state index < -0.39 is 6.03 Å². The van der Waals surface area contributed by atoms with Gasteiger partial charge in [0.1, 0.15) is 0 Å². The van der Waals surface area contributed by atoms with E-state index in [-0.39, 0.29) is 0 Å². The highest BCUT2D eigenvalue weighted by Gasteiger charge is 2.06. The molecular formula is C15H14Cl2N4O. The van der Waals surface area contributed by atoms with Gasteiger partial charge in [0.25, 0.3) is 0 Å². The number of nitrogen functional groups attached to an aromatic ring is 1. The molecule has 0 bridgehead atoms. The number of hydrazone groups is 1. The zero-order valence-electron chi connectivity index (χ0n) is 11.7. The van der Waals surface area contributed by atoms with Crippen LogP contribution in [0.2, 0.25) is 10.0 Å². The van der Waals surface area contributed by atoms with Crippen LogP contribution in [0.25, 0.3) is 0 Å². The normalized spacial score (nSPS) is 11.1. The highest BCUT2D eigenvalue weighted by molar-refractivity contribution is 6.33. The van der Waals surface area contributed by atoms with Crippen LogP contribution in [0.3, 0.4) is 0 Å². The highest BCUT2D eigenvalue weighted by atomic mass is 35.5. The van der Waals surface area contributed by atoms with Gasteiger partial charge in [-0.15, -0.1) is 0 Å². The van der Waals surface area contributed by atoms with Crippen LogP contribution in [-0.2, 0) is 0 Å². The van der Waals surface area contributed by atoms with Gasteiger partial charge in [-0.3, -0.25) is 0 Å². The fraction of sp³-hybridized carbons (Fsp3) is 0.0667. The minimum atomic E-state index is -0.506. The standard InChI is InChI=1S/C15H14Cl2N4O/c1-9(11-8-10(16)6-7-13(11)18)20-21-15(22)19-14-5-3-2-4-12(14)17/h2-8H,18H2,1H3,(H2,19,21,22)/b20-9+. The Labute approximate surface area is 138 Å². The lowest BCUT2D eigenvalue weighted by Gasteiger charge is -2.08. The van der Waals surface area contributed by atoms with Crippen LogP contribution in [0.1, 0.15) is 12.5 Å². The summed E-state index contributed by atoms with van der Waals surface area (Å²) in [7, 11) is 0. The lowest BCUT2D eigenvalue weighted by molar-refractivity contribution is 0.252. The van der Waals surface area contributed by atoms with Gasteiger partial charge >= 0.3 is 6.03 Å². The molecule has 0 atom stereocenters. The van der Waals surface area contributed by atoms with E-state index in [0.29, 0.717) is 32.7 Å². The number of hydrogen-bond acceptors (Lipinski definition) is 3. The number of halogens is 2. The van der Waals surface area contributed by atoms with Gasteiger partial charge in [-0.25, -0.2) is 10.2 Å². The quantitative estimate of drug-likeness (QED) is 0.447. The molecular weight excluding hydrogens is 323 g/mol. The largest absolute Gasteiger partial charge is 0.398 e. The topological polar surface area (TPSA) is 79.5 Å². The fourth-order valence-electron chi connectivity index (χ4n) is 1.75. The van der Waals surface area contributed by atoms with Gasteiger partial charge in [-0.2, -0.15) is 5.10 Å². The third kappa shape index (κ3) is 4.13. The molecule has 0 unspecified atom stereocenters. The zero-order chi connectivity index (χ0) is 16.1. The van der Waals surface area contributed by atoms with Crippen LogP contribution in [0.4, 0.5) is 16.2 Å². The molecule has 0 saturated heterocycles. The average molecular weight is 337 g/mol. The molecule has 2 aromatic rings. The maximum absolute atomic E-state index is 11.8. The number of rotatable bonds is 3. The predicted octanol–water partition coefficient (Wildman–Crippen LogP) is 4.12. The Bertz CT molecular complexity index is 731. The first-order valence-corrected chi connectivity index (χ1v) is 7.14. The summed E-state index contributed by atoms with van der Waals surface area (Å²) in [5.41, 5.74) is 10.5. The molecule has 114 valence electrons. The Kier molecular flexibility index (Phi) is 5.25. The summed E-state index contributed by atoms with van der Waals surface area (Å²) in [5, 5.41) is 7.57. The third-order valence-electron chi connectivity index (χ3n) is 2.85. The van der Waals surface area contributed by atoms with E-state index >= 15 is 0 Å². The molecule has 2 amide bonds. The number of nitrogens with zero attached hydrogens (tertiary/aromatic N) is 1. The van der Waals surface area contributed by atoms with Crippen molar-refractivity contribution in [2.45, 2.75) is 6.92 Å². The van der Waals surface area contributed by atoms with Crippen LogP contribution < -0.4 is 16.5 Å². The van der Waals surface area contributed by atoms with Crippen LogP contribution in [0.15, 0.2) is 47.6 Å². The molecule has 0 aliphatic heterocycles. The summed E-state index contributed by atoms with van der Waals surface area (Å²) in [6.07, 6.45) is 0. The Morgan fingerprint density at radius 3 is 2.64 bits per heavy atom. The van der Waals surface area contributed by atoms with Gasteiger partial charge in [-0.1, -0.05) is 35.3 Å². The van der Waals surface area contributed by atoms with Crippen molar-refractivity contribution in [3.05, 3.63) is 58.1 Å². The summed E-state index contributed by atoms with van der Waals surface area (Å²) >= 11 is 11.9. The van der Waals surface area contributed by atoms with Crippen LogP contribution in [0, 0.1) is 0 Å². The molecule has 4 N–H and O–H groups in total. The maximum atomic E-state index is 11.8. The van der Waals surface area contributed by atoms with Crippen molar-refractivity contribution in [2.75, 3.05) is 11.1 Å². The zero-order valence-corrected chi connectivity index (χ0v) is 13.2. The summed E-state index contributed by atoms with van der Waals surface area (Å²) < 4.78 is 0. The second-order valence-corrected chi connectivity index (χ2v) is 5.32. The monoisotopic (exact) mass is 336 g/mol. The van der Waals surface area contributed by atoms with Gasteiger partial charge in [0.05, 0.1) is 16.4 Å². The molecule has 5 nitrogen and oxygen atoms in total. The van der Waals surface area contributed by atoms with E-state index in [1.165, 1.54) is 0 Å². The first-order valence-electron chi connectivity index (χ1n) is 6.38.